The van der Waals surface area contributed by atoms with Crippen molar-refractivity contribution in [3.8, 4) is 0 Å². The lowest BCUT2D eigenvalue weighted by Crippen LogP contribution is -1.75. The van der Waals surface area contributed by atoms with E-state index < -0.39 is 0 Å². The summed E-state index contributed by atoms with van der Waals surface area (Å²) in [5, 5.41) is 0. The first-order chi connectivity index (χ1) is 5.29. The molecule has 1 rings (SSSR count). The van der Waals surface area contributed by atoms with Crippen molar-refractivity contribution in [2.75, 3.05) is 0 Å². The van der Waals surface area contributed by atoms with Crippen LogP contribution in [0.4, 0.5) is 0 Å². The minimum absolute atomic E-state index is 1.12. The number of hydrogen-bond acceptors (Lipinski definition) is 0. The fraction of sp³-hybridized carbons (Fsp3) is 0.455. The van der Waals surface area contributed by atoms with Crippen molar-refractivity contribution in [1.29, 1.82) is 0 Å². The molecule has 0 aromatic heterocycles. The molecule has 0 aromatic rings. The van der Waals surface area contributed by atoms with Crippen molar-refractivity contribution < 1.29 is 0 Å². The molecule has 0 aliphatic heterocycles. The van der Waals surface area contributed by atoms with E-state index in [4.69, 9.17) is 0 Å². The van der Waals surface area contributed by atoms with Crippen LogP contribution in [-0.2, 0) is 0 Å². The zero-order chi connectivity index (χ0) is 8.10. The molecule has 1 aliphatic rings. The molecule has 0 bridgehead atoms. The van der Waals surface area contributed by atoms with Crippen LogP contribution in [0.15, 0.2) is 36.0 Å². The van der Waals surface area contributed by atoms with Gasteiger partial charge in [0.15, 0.2) is 0 Å². The Labute approximate surface area is 69.3 Å². The molecule has 0 spiro atoms. The van der Waals surface area contributed by atoms with E-state index in [0.29, 0.717) is 0 Å². The van der Waals surface area contributed by atoms with E-state index >= 15 is 0 Å². The van der Waals surface area contributed by atoms with E-state index in [1.807, 2.05) is 0 Å². The van der Waals surface area contributed by atoms with Crippen LogP contribution in [0.1, 0.15) is 32.6 Å². The second-order valence-corrected chi connectivity index (χ2v) is 3.19. The van der Waals surface area contributed by atoms with Crippen molar-refractivity contribution in [3.63, 3.8) is 0 Å². The lowest BCUT2D eigenvalue weighted by Gasteiger charge is -1.95. The SMILES string of the molecule is C=C1/C=C\CC/C(C)=C/CC1. The average Bonchev–Trinajstić information content (AvgIpc) is 2.04. The van der Waals surface area contributed by atoms with Crippen LogP contribution in [0.25, 0.3) is 0 Å². The van der Waals surface area contributed by atoms with E-state index in [9.17, 15) is 0 Å². The Morgan fingerprint density at radius 3 is 2.91 bits per heavy atom. The third-order valence-corrected chi connectivity index (χ3v) is 2.02. The maximum Gasteiger partial charge on any atom is -0.0250 e. The Morgan fingerprint density at radius 1 is 1.27 bits per heavy atom. The summed E-state index contributed by atoms with van der Waals surface area (Å²) in [7, 11) is 0. The normalized spacial score (nSPS) is 27.7. The first kappa shape index (κ1) is 8.32. The Balaban J connectivity index is 2.56. The summed E-state index contributed by atoms with van der Waals surface area (Å²) in [4.78, 5) is 0. The highest BCUT2D eigenvalue weighted by Gasteiger charge is 1.93. The topological polar surface area (TPSA) is 0 Å². The zero-order valence-electron chi connectivity index (χ0n) is 7.27. The largest absolute Gasteiger partial charge is 0.0958 e. The van der Waals surface area contributed by atoms with Crippen molar-refractivity contribution in [2.45, 2.75) is 32.6 Å². The van der Waals surface area contributed by atoms with Gasteiger partial charge in [-0.15, -0.1) is 0 Å². The summed E-state index contributed by atoms with van der Waals surface area (Å²) in [6.07, 6.45) is 11.4. The van der Waals surface area contributed by atoms with E-state index in [0.717, 1.165) is 12.8 Å². The standard InChI is InChI=1S/C11H16/c1-10-6-3-4-7-11(2)9-5-8-10/h3,6,9H,1,4-5,7-8H2,2H3/b6-3-,11-9+. The molecular weight excluding hydrogens is 132 g/mol. The molecule has 0 N–H and O–H groups in total. The number of allylic oxidation sites excluding steroid dienone is 5. The van der Waals surface area contributed by atoms with Gasteiger partial charge in [-0.3, -0.25) is 0 Å². The molecule has 11 heavy (non-hydrogen) atoms. The summed E-state index contributed by atoms with van der Waals surface area (Å²) in [5.74, 6) is 0. The number of hydrogen-bond donors (Lipinski definition) is 0. The maximum atomic E-state index is 3.97. The third-order valence-electron chi connectivity index (χ3n) is 2.02. The molecule has 60 valence electrons. The van der Waals surface area contributed by atoms with Gasteiger partial charge in [0.25, 0.3) is 0 Å². The van der Waals surface area contributed by atoms with Gasteiger partial charge in [0.1, 0.15) is 0 Å². The lowest BCUT2D eigenvalue weighted by molar-refractivity contribution is 0.952. The van der Waals surface area contributed by atoms with Crippen LogP contribution in [0, 0.1) is 0 Å². The van der Waals surface area contributed by atoms with Crippen LogP contribution in [0.5, 0.6) is 0 Å². The summed E-state index contributed by atoms with van der Waals surface area (Å²) >= 11 is 0. The van der Waals surface area contributed by atoms with E-state index in [-0.39, 0.29) is 0 Å². The minimum Gasteiger partial charge on any atom is -0.0958 e. The van der Waals surface area contributed by atoms with Crippen LogP contribution in [0.3, 0.4) is 0 Å². The highest BCUT2D eigenvalue weighted by atomic mass is 14.0. The van der Waals surface area contributed by atoms with E-state index in [1.54, 1.807) is 0 Å². The van der Waals surface area contributed by atoms with Gasteiger partial charge in [-0.25, -0.2) is 0 Å². The summed E-state index contributed by atoms with van der Waals surface area (Å²) in [6.45, 7) is 6.18. The van der Waals surface area contributed by atoms with Gasteiger partial charge >= 0.3 is 0 Å². The number of rotatable bonds is 0. The molecule has 0 saturated heterocycles. The Bertz CT molecular complexity index is 194. The Morgan fingerprint density at radius 2 is 2.09 bits per heavy atom. The summed E-state index contributed by atoms with van der Waals surface area (Å²) in [6, 6.07) is 0. The molecule has 0 saturated carbocycles. The smallest absolute Gasteiger partial charge is 0.0250 e. The molecule has 0 unspecified atom stereocenters. The highest BCUT2D eigenvalue weighted by molar-refractivity contribution is 5.17. The Kier molecular flexibility index (Phi) is 3.15. The molecule has 0 fully saturated rings. The van der Waals surface area contributed by atoms with Crippen LogP contribution < -0.4 is 0 Å². The molecule has 0 radical (unpaired) electrons. The van der Waals surface area contributed by atoms with Crippen molar-refractivity contribution >= 4 is 0 Å². The molecule has 0 atom stereocenters. The van der Waals surface area contributed by atoms with E-state index in [1.165, 1.54) is 24.0 Å². The summed E-state index contributed by atoms with van der Waals surface area (Å²) < 4.78 is 0. The second-order valence-electron chi connectivity index (χ2n) is 3.19. The fourth-order valence-corrected chi connectivity index (χ4v) is 1.25. The lowest BCUT2D eigenvalue weighted by atomic mass is 10.1. The van der Waals surface area contributed by atoms with Crippen molar-refractivity contribution in [2.24, 2.45) is 0 Å². The van der Waals surface area contributed by atoms with Gasteiger partial charge in [-0.05, 0) is 32.6 Å². The molecule has 1 aliphatic carbocycles. The van der Waals surface area contributed by atoms with Crippen molar-refractivity contribution in [1.82, 2.24) is 0 Å². The average molecular weight is 148 g/mol. The first-order valence-electron chi connectivity index (χ1n) is 4.29. The predicted molar refractivity (Wildman–Crippen MR) is 50.5 cm³/mol. The van der Waals surface area contributed by atoms with Gasteiger partial charge in [-0.2, -0.15) is 0 Å². The van der Waals surface area contributed by atoms with Gasteiger partial charge in [-0.1, -0.05) is 36.0 Å². The quantitative estimate of drug-likeness (QED) is 0.460. The first-order valence-corrected chi connectivity index (χ1v) is 4.29. The van der Waals surface area contributed by atoms with Crippen molar-refractivity contribution in [3.05, 3.63) is 36.0 Å². The molecule has 0 aromatic carbocycles. The third kappa shape index (κ3) is 3.22. The fourth-order valence-electron chi connectivity index (χ4n) is 1.25. The van der Waals surface area contributed by atoms with Gasteiger partial charge in [0, 0.05) is 0 Å². The molecule has 0 nitrogen and oxygen atoms in total. The van der Waals surface area contributed by atoms with Gasteiger partial charge in [0.2, 0.25) is 0 Å². The maximum absolute atomic E-state index is 3.97. The molecule has 0 heterocycles. The molecule has 0 heteroatoms. The predicted octanol–water partition coefficient (Wildman–Crippen LogP) is 3.62. The monoisotopic (exact) mass is 148 g/mol. The Hall–Kier alpha value is -0.780. The van der Waals surface area contributed by atoms with Gasteiger partial charge in [0.05, 0.1) is 0 Å². The minimum atomic E-state index is 1.12. The van der Waals surface area contributed by atoms with Crippen LogP contribution >= 0.6 is 0 Å². The molecular formula is C11H16. The molecule has 0 amide bonds. The summed E-state index contributed by atoms with van der Waals surface area (Å²) in [5.41, 5.74) is 2.78. The second kappa shape index (κ2) is 4.17. The van der Waals surface area contributed by atoms with Crippen LogP contribution in [0.2, 0.25) is 0 Å². The zero-order valence-corrected chi connectivity index (χ0v) is 7.27. The van der Waals surface area contributed by atoms with E-state index in [2.05, 4.69) is 31.7 Å². The van der Waals surface area contributed by atoms with Gasteiger partial charge < -0.3 is 0 Å². The van der Waals surface area contributed by atoms with Crippen LogP contribution in [-0.4, -0.2) is 0 Å². The highest BCUT2D eigenvalue weighted by Crippen LogP contribution is 2.13.